The second-order valence-electron chi connectivity index (χ2n) is 8.05. The molecule has 1 aromatic heterocycles. The van der Waals surface area contributed by atoms with E-state index in [1.54, 1.807) is 0 Å². The van der Waals surface area contributed by atoms with Gasteiger partial charge in [-0.05, 0) is 62.9 Å². The van der Waals surface area contributed by atoms with Crippen LogP contribution in [0.3, 0.4) is 0 Å². The highest BCUT2D eigenvalue weighted by Crippen LogP contribution is 2.15. The molecule has 0 spiro atoms. The molecule has 0 bridgehead atoms. The van der Waals surface area contributed by atoms with Crippen LogP contribution in [-0.2, 0) is 13.1 Å². The van der Waals surface area contributed by atoms with E-state index in [0.717, 1.165) is 37.9 Å². The summed E-state index contributed by atoms with van der Waals surface area (Å²) < 4.78 is 2.08. The van der Waals surface area contributed by atoms with Crippen molar-refractivity contribution in [3.63, 3.8) is 0 Å². The molecule has 6 nitrogen and oxygen atoms in total. The highest BCUT2D eigenvalue weighted by Gasteiger charge is 2.14. The lowest BCUT2D eigenvalue weighted by atomic mass is 9.99. The molecule has 0 amide bonds. The van der Waals surface area contributed by atoms with Gasteiger partial charge in [0.25, 0.3) is 0 Å². The molecule has 3 rings (SSSR count). The molecule has 1 fully saturated rings. The summed E-state index contributed by atoms with van der Waals surface area (Å²) in [6.07, 6.45) is 9.49. The molecule has 0 unspecified atom stereocenters. The predicted molar refractivity (Wildman–Crippen MR) is 135 cm³/mol. The lowest BCUT2D eigenvalue weighted by molar-refractivity contribution is 0.191. The van der Waals surface area contributed by atoms with Gasteiger partial charge in [0.05, 0.1) is 12.9 Å². The quantitative estimate of drug-likeness (QED) is 0.227. The molecule has 30 heavy (non-hydrogen) atoms. The molecule has 1 saturated heterocycles. The Kier molecular flexibility index (Phi) is 11.2. The molecule has 0 atom stereocenters. The average Bonchev–Trinajstić information content (AvgIpc) is 3.24. The monoisotopic (exact) mass is 524 g/mol. The third kappa shape index (κ3) is 8.63. The number of hydrogen-bond donors (Lipinski definition) is 2. The fourth-order valence-electron chi connectivity index (χ4n) is 3.72. The van der Waals surface area contributed by atoms with Crippen molar-refractivity contribution in [3.05, 3.63) is 54.1 Å². The van der Waals surface area contributed by atoms with Crippen molar-refractivity contribution in [2.75, 3.05) is 32.7 Å². The number of rotatable bonds is 9. The van der Waals surface area contributed by atoms with Crippen LogP contribution >= 0.6 is 24.0 Å². The van der Waals surface area contributed by atoms with Crippen LogP contribution in [0.25, 0.3) is 0 Å². The normalized spacial score (nSPS) is 15.6. The van der Waals surface area contributed by atoms with E-state index in [-0.39, 0.29) is 24.0 Å². The summed E-state index contributed by atoms with van der Waals surface area (Å²) in [7, 11) is 0. The van der Waals surface area contributed by atoms with Gasteiger partial charge in [-0.1, -0.05) is 31.2 Å². The maximum absolute atomic E-state index is 4.78. The molecule has 0 aliphatic carbocycles. The van der Waals surface area contributed by atoms with Gasteiger partial charge in [0, 0.05) is 32.0 Å². The number of aliphatic imine (C=N–C) groups is 1. The van der Waals surface area contributed by atoms with Crippen LogP contribution in [0.15, 0.2) is 48.0 Å². The minimum Gasteiger partial charge on any atom is -0.357 e. The molecular weight excluding hydrogens is 487 g/mol. The Hall–Kier alpha value is -1.61. The van der Waals surface area contributed by atoms with E-state index >= 15 is 0 Å². The molecule has 1 aliphatic heterocycles. The Balaban J connectivity index is 0.00000320. The van der Waals surface area contributed by atoms with Crippen LogP contribution in [-0.4, -0.2) is 53.1 Å². The van der Waals surface area contributed by atoms with Crippen LogP contribution in [0.1, 0.15) is 44.2 Å². The summed E-state index contributed by atoms with van der Waals surface area (Å²) in [6, 6.07) is 8.63. The van der Waals surface area contributed by atoms with E-state index in [9.17, 15) is 0 Å². The highest BCUT2D eigenvalue weighted by atomic mass is 127. The Labute approximate surface area is 198 Å². The lowest BCUT2D eigenvalue weighted by Crippen LogP contribution is -2.39. The van der Waals surface area contributed by atoms with Gasteiger partial charge in [-0.25, -0.2) is 9.98 Å². The van der Waals surface area contributed by atoms with Crippen LogP contribution in [0, 0.1) is 5.92 Å². The number of aromatic nitrogens is 2. The van der Waals surface area contributed by atoms with Gasteiger partial charge in [-0.2, -0.15) is 0 Å². The zero-order valence-electron chi connectivity index (χ0n) is 18.4. The van der Waals surface area contributed by atoms with Crippen LogP contribution in [0.4, 0.5) is 0 Å². The molecule has 7 heteroatoms. The standard InChI is InChI=1S/C23H36N6.HI/c1-3-25-23(26-10-5-12-28-13-8-20(2)9-14-28)27-17-21-6-4-7-22(16-21)18-29-15-11-24-19-29;/h4,6-7,11,15-16,19-20H,3,5,8-10,12-14,17-18H2,1-2H3,(H2,25,26,27);1H. The van der Waals surface area contributed by atoms with Gasteiger partial charge in [0.2, 0.25) is 0 Å². The number of nitrogens with zero attached hydrogens (tertiary/aromatic N) is 4. The highest BCUT2D eigenvalue weighted by molar-refractivity contribution is 14.0. The van der Waals surface area contributed by atoms with Gasteiger partial charge >= 0.3 is 0 Å². The molecule has 1 aromatic carbocycles. The number of halogens is 1. The number of piperidine rings is 1. The SMILES string of the molecule is CCNC(=NCc1cccc(Cn2ccnc2)c1)NCCCN1CCC(C)CC1.I. The fourth-order valence-corrected chi connectivity index (χ4v) is 3.72. The molecule has 2 heterocycles. The number of hydrogen-bond acceptors (Lipinski definition) is 3. The van der Waals surface area contributed by atoms with E-state index < -0.39 is 0 Å². The Morgan fingerprint density at radius 1 is 1.20 bits per heavy atom. The van der Waals surface area contributed by atoms with E-state index in [2.05, 4.69) is 63.2 Å². The second kappa shape index (κ2) is 13.6. The number of guanidine groups is 1. The summed E-state index contributed by atoms with van der Waals surface area (Å²) in [5.74, 6) is 1.80. The third-order valence-corrected chi connectivity index (χ3v) is 5.50. The van der Waals surface area contributed by atoms with Crippen molar-refractivity contribution in [2.24, 2.45) is 10.9 Å². The van der Waals surface area contributed by atoms with Gasteiger partial charge in [0.1, 0.15) is 0 Å². The first-order valence-corrected chi connectivity index (χ1v) is 11.0. The topological polar surface area (TPSA) is 57.5 Å². The Bertz CT molecular complexity index is 738. The van der Waals surface area contributed by atoms with Crippen molar-refractivity contribution in [1.29, 1.82) is 0 Å². The van der Waals surface area contributed by atoms with Gasteiger partial charge in [-0.3, -0.25) is 0 Å². The summed E-state index contributed by atoms with van der Waals surface area (Å²) >= 11 is 0. The maximum Gasteiger partial charge on any atom is 0.191 e. The lowest BCUT2D eigenvalue weighted by Gasteiger charge is -2.30. The summed E-state index contributed by atoms with van der Waals surface area (Å²) in [5, 5.41) is 6.85. The van der Waals surface area contributed by atoms with E-state index in [1.807, 2.05) is 18.7 Å². The zero-order chi connectivity index (χ0) is 20.3. The predicted octanol–water partition coefficient (Wildman–Crippen LogP) is 3.73. The molecular formula is C23H37IN6. The largest absolute Gasteiger partial charge is 0.357 e. The maximum atomic E-state index is 4.78. The van der Waals surface area contributed by atoms with Crippen molar-refractivity contribution >= 4 is 29.9 Å². The van der Waals surface area contributed by atoms with E-state index in [1.165, 1.54) is 43.6 Å². The van der Waals surface area contributed by atoms with Crippen molar-refractivity contribution in [2.45, 2.75) is 46.2 Å². The second-order valence-corrected chi connectivity index (χ2v) is 8.05. The van der Waals surface area contributed by atoms with Gasteiger partial charge in [0.15, 0.2) is 5.96 Å². The molecule has 2 aromatic rings. The van der Waals surface area contributed by atoms with Crippen LogP contribution in [0.2, 0.25) is 0 Å². The smallest absolute Gasteiger partial charge is 0.191 e. The summed E-state index contributed by atoms with van der Waals surface area (Å²) in [4.78, 5) is 11.5. The zero-order valence-corrected chi connectivity index (χ0v) is 20.7. The number of nitrogens with one attached hydrogen (secondary N) is 2. The van der Waals surface area contributed by atoms with Crippen molar-refractivity contribution in [3.8, 4) is 0 Å². The fraction of sp³-hybridized carbons (Fsp3) is 0.565. The first-order valence-electron chi connectivity index (χ1n) is 11.0. The van der Waals surface area contributed by atoms with Crippen LogP contribution in [0.5, 0.6) is 0 Å². The van der Waals surface area contributed by atoms with Crippen molar-refractivity contribution < 1.29 is 0 Å². The van der Waals surface area contributed by atoms with E-state index in [0.29, 0.717) is 6.54 Å². The van der Waals surface area contributed by atoms with Crippen molar-refractivity contribution in [1.82, 2.24) is 25.1 Å². The summed E-state index contributed by atoms with van der Waals surface area (Å²) in [5.41, 5.74) is 2.49. The summed E-state index contributed by atoms with van der Waals surface area (Å²) in [6.45, 7) is 11.5. The molecule has 1 aliphatic rings. The number of imidazole rings is 1. The first-order chi connectivity index (χ1) is 14.2. The molecule has 0 radical (unpaired) electrons. The Morgan fingerprint density at radius 3 is 2.73 bits per heavy atom. The minimum atomic E-state index is 0. The molecule has 2 N–H and O–H groups in total. The molecule has 0 saturated carbocycles. The van der Waals surface area contributed by atoms with Crippen LogP contribution < -0.4 is 10.6 Å². The Morgan fingerprint density at radius 2 is 2.00 bits per heavy atom. The first kappa shape index (κ1) is 24.7. The number of benzene rings is 1. The average molecular weight is 524 g/mol. The molecule has 166 valence electrons. The van der Waals surface area contributed by atoms with E-state index in [4.69, 9.17) is 4.99 Å². The third-order valence-electron chi connectivity index (χ3n) is 5.50. The van der Waals surface area contributed by atoms with Gasteiger partial charge in [-0.15, -0.1) is 24.0 Å². The van der Waals surface area contributed by atoms with Gasteiger partial charge < -0.3 is 20.1 Å². The number of likely N-dealkylation sites (tertiary alicyclic amines) is 1. The minimum absolute atomic E-state index is 0.